The number of hydrogen-bond donors (Lipinski definition) is 2. The Kier molecular flexibility index (Phi) is 9.87. The summed E-state index contributed by atoms with van der Waals surface area (Å²) in [6, 6.07) is 10.4. The summed E-state index contributed by atoms with van der Waals surface area (Å²) in [4.78, 5) is 14.9. The molecule has 2 rings (SSSR count). The van der Waals surface area contributed by atoms with Crippen LogP contribution in [0.3, 0.4) is 0 Å². The summed E-state index contributed by atoms with van der Waals surface area (Å²) in [5, 5.41) is 4.21. The molecule has 1 saturated heterocycles. The van der Waals surface area contributed by atoms with Gasteiger partial charge in [0.1, 0.15) is 0 Å². The van der Waals surface area contributed by atoms with Crippen LogP contribution in [0.15, 0.2) is 36.4 Å². The van der Waals surface area contributed by atoms with E-state index in [0.717, 1.165) is 63.6 Å². The lowest BCUT2D eigenvalue weighted by Crippen LogP contribution is -3.14. The Morgan fingerprint density at radius 2 is 1.96 bits per heavy atom. The third kappa shape index (κ3) is 8.54. The van der Waals surface area contributed by atoms with Crippen molar-refractivity contribution >= 4 is 29.4 Å². The Hall–Kier alpha value is -1.92. The number of thiocarbonyl (C=S) groups is 1. The molecular weight excluding hydrogens is 358 g/mol. The van der Waals surface area contributed by atoms with Crippen LogP contribution < -0.4 is 10.2 Å². The van der Waals surface area contributed by atoms with Crippen LogP contribution in [-0.4, -0.2) is 62.4 Å². The van der Waals surface area contributed by atoms with Crippen molar-refractivity contribution in [2.45, 2.75) is 25.7 Å². The van der Waals surface area contributed by atoms with Crippen molar-refractivity contribution in [3.05, 3.63) is 42.0 Å². The number of nitrogens with one attached hydrogen (secondary N) is 2. The molecule has 0 aromatic heterocycles. The molecule has 27 heavy (non-hydrogen) atoms. The van der Waals surface area contributed by atoms with Gasteiger partial charge < -0.3 is 19.9 Å². The van der Waals surface area contributed by atoms with Gasteiger partial charge in [0.05, 0.1) is 39.8 Å². The lowest BCUT2D eigenvalue weighted by atomic mass is 10.2. The van der Waals surface area contributed by atoms with E-state index in [1.54, 1.807) is 4.90 Å². The van der Waals surface area contributed by atoms with E-state index in [0.29, 0.717) is 6.42 Å². The molecule has 1 fully saturated rings. The number of unbranched alkanes of at least 4 members (excludes halogenated alkanes) is 2. The average molecular weight is 391 g/mol. The largest absolute Gasteiger partial charge is 0.469 e. The number of esters is 1. The highest BCUT2D eigenvalue weighted by Crippen LogP contribution is 2.01. The smallest absolute Gasteiger partial charge is 0.305 e. The molecule has 0 spiro atoms. The van der Waals surface area contributed by atoms with Crippen molar-refractivity contribution in [1.82, 2.24) is 10.2 Å². The normalized spacial score (nSPS) is 15.1. The van der Waals surface area contributed by atoms with Crippen molar-refractivity contribution in [1.29, 1.82) is 0 Å². The zero-order valence-electron chi connectivity index (χ0n) is 16.3. The SMILES string of the molecule is COC(=O)CCCCCNC(=S)N1CC[NH+](C/C=C/c2ccccc2)CC1. The molecule has 0 amide bonds. The van der Waals surface area contributed by atoms with Gasteiger partial charge in [-0.3, -0.25) is 4.79 Å². The highest BCUT2D eigenvalue weighted by atomic mass is 32.1. The number of hydrogen-bond acceptors (Lipinski definition) is 3. The second-order valence-corrected chi connectivity index (χ2v) is 7.26. The van der Waals surface area contributed by atoms with Gasteiger partial charge in [-0.1, -0.05) is 42.8 Å². The van der Waals surface area contributed by atoms with Gasteiger partial charge in [0, 0.05) is 13.0 Å². The van der Waals surface area contributed by atoms with Gasteiger partial charge in [-0.15, -0.1) is 0 Å². The van der Waals surface area contributed by atoms with E-state index in [-0.39, 0.29) is 5.97 Å². The maximum absolute atomic E-state index is 11.1. The minimum Gasteiger partial charge on any atom is -0.469 e. The van der Waals surface area contributed by atoms with E-state index < -0.39 is 0 Å². The van der Waals surface area contributed by atoms with Gasteiger partial charge in [-0.05, 0) is 36.7 Å². The fourth-order valence-corrected chi connectivity index (χ4v) is 3.42. The van der Waals surface area contributed by atoms with Crippen LogP contribution in [0, 0.1) is 0 Å². The summed E-state index contributed by atoms with van der Waals surface area (Å²) < 4.78 is 4.64. The van der Waals surface area contributed by atoms with Crippen LogP contribution in [0.4, 0.5) is 0 Å². The van der Waals surface area contributed by atoms with Gasteiger partial charge >= 0.3 is 5.97 Å². The molecule has 2 N–H and O–H groups in total. The van der Waals surface area contributed by atoms with Crippen molar-refractivity contribution in [3.8, 4) is 0 Å². The zero-order chi connectivity index (χ0) is 19.3. The first-order valence-corrected chi connectivity index (χ1v) is 10.2. The number of quaternary nitrogens is 1. The molecule has 1 aromatic carbocycles. The number of methoxy groups -OCH3 is 1. The fourth-order valence-electron chi connectivity index (χ4n) is 3.14. The second kappa shape index (κ2) is 12.5. The van der Waals surface area contributed by atoms with Crippen molar-refractivity contribution in [2.24, 2.45) is 0 Å². The highest BCUT2D eigenvalue weighted by Gasteiger charge is 2.20. The highest BCUT2D eigenvalue weighted by molar-refractivity contribution is 7.80. The van der Waals surface area contributed by atoms with Gasteiger partial charge in [-0.25, -0.2) is 0 Å². The third-order valence-corrected chi connectivity index (χ3v) is 5.24. The van der Waals surface area contributed by atoms with Gasteiger partial charge in [0.15, 0.2) is 5.11 Å². The van der Waals surface area contributed by atoms with Crippen LogP contribution in [0.1, 0.15) is 31.2 Å². The number of rotatable bonds is 9. The van der Waals surface area contributed by atoms with Gasteiger partial charge in [0.2, 0.25) is 0 Å². The Bertz CT molecular complexity index is 599. The lowest BCUT2D eigenvalue weighted by Gasteiger charge is -2.33. The molecule has 0 atom stereocenters. The molecule has 1 aromatic rings. The quantitative estimate of drug-likeness (QED) is 0.380. The summed E-state index contributed by atoms with van der Waals surface area (Å²) in [5.74, 6) is -0.127. The molecule has 0 unspecified atom stereocenters. The van der Waals surface area contributed by atoms with Crippen LogP contribution in [-0.2, 0) is 9.53 Å². The second-order valence-electron chi connectivity index (χ2n) is 6.87. The molecule has 0 radical (unpaired) electrons. The summed E-state index contributed by atoms with van der Waals surface area (Å²) in [5.41, 5.74) is 1.26. The summed E-state index contributed by atoms with van der Waals surface area (Å²) >= 11 is 5.52. The fraction of sp³-hybridized carbons (Fsp3) is 0.524. The number of ether oxygens (including phenoxy) is 1. The standard InChI is InChI=1S/C21H31N3O2S/c1-26-20(25)12-6-3-7-13-22-21(27)24-17-15-23(16-18-24)14-8-11-19-9-4-2-5-10-19/h2,4-5,8-11H,3,6-7,12-18H2,1H3,(H,22,27)/p+1/b11-8+. The first-order chi connectivity index (χ1) is 13.2. The summed E-state index contributed by atoms with van der Waals surface area (Å²) in [7, 11) is 1.43. The predicted molar refractivity (Wildman–Crippen MR) is 114 cm³/mol. The number of carbonyl (C=O) groups excluding carboxylic acids is 1. The minimum absolute atomic E-state index is 0.127. The maximum atomic E-state index is 11.1. The van der Waals surface area contributed by atoms with E-state index >= 15 is 0 Å². The number of nitrogens with zero attached hydrogens (tertiary/aromatic N) is 1. The predicted octanol–water partition coefficient (Wildman–Crippen LogP) is 1.51. The minimum atomic E-state index is -0.127. The molecule has 0 saturated carbocycles. The first-order valence-electron chi connectivity index (χ1n) is 9.84. The van der Waals surface area contributed by atoms with Crippen LogP contribution >= 0.6 is 12.2 Å². The monoisotopic (exact) mass is 390 g/mol. The van der Waals surface area contributed by atoms with E-state index in [2.05, 4.69) is 51.4 Å². The Morgan fingerprint density at radius 3 is 2.67 bits per heavy atom. The maximum Gasteiger partial charge on any atom is 0.305 e. The van der Waals surface area contributed by atoms with E-state index in [4.69, 9.17) is 12.2 Å². The molecule has 0 bridgehead atoms. The summed E-state index contributed by atoms with van der Waals surface area (Å²) in [6.07, 6.45) is 7.88. The molecule has 0 aliphatic carbocycles. The Morgan fingerprint density at radius 1 is 1.22 bits per heavy atom. The average Bonchev–Trinajstić information content (AvgIpc) is 2.71. The van der Waals surface area contributed by atoms with E-state index in [1.807, 2.05) is 6.07 Å². The molecule has 6 heteroatoms. The third-order valence-electron chi connectivity index (χ3n) is 4.84. The van der Waals surface area contributed by atoms with Crippen LogP contribution in [0.25, 0.3) is 6.08 Å². The van der Waals surface area contributed by atoms with Crippen molar-refractivity contribution < 1.29 is 14.4 Å². The first kappa shape index (κ1) is 21.4. The van der Waals surface area contributed by atoms with Gasteiger partial charge in [0.25, 0.3) is 0 Å². The Balaban J connectivity index is 1.55. The number of piperazine rings is 1. The van der Waals surface area contributed by atoms with Crippen molar-refractivity contribution in [3.63, 3.8) is 0 Å². The zero-order valence-corrected chi connectivity index (χ0v) is 17.1. The number of benzene rings is 1. The molecule has 1 aliphatic rings. The lowest BCUT2D eigenvalue weighted by molar-refractivity contribution is -0.897. The van der Waals surface area contributed by atoms with Crippen LogP contribution in [0.5, 0.6) is 0 Å². The van der Waals surface area contributed by atoms with Gasteiger partial charge in [-0.2, -0.15) is 0 Å². The molecule has 5 nitrogen and oxygen atoms in total. The van der Waals surface area contributed by atoms with Crippen LogP contribution in [0.2, 0.25) is 0 Å². The summed E-state index contributed by atoms with van der Waals surface area (Å²) in [6.45, 7) is 6.15. The molecule has 148 valence electrons. The molecule has 1 aliphatic heterocycles. The van der Waals surface area contributed by atoms with Crippen molar-refractivity contribution in [2.75, 3.05) is 46.4 Å². The van der Waals surface area contributed by atoms with E-state index in [1.165, 1.54) is 12.7 Å². The molecular formula is C21H32N3O2S+. The Labute approximate surface area is 168 Å². The topological polar surface area (TPSA) is 46.0 Å². The van der Waals surface area contributed by atoms with E-state index in [9.17, 15) is 4.79 Å². The molecule has 1 heterocycles. The number of carbonyl (C=O) groups is 1.